The second-order valence-corrected chi connectivity index (χ2v) is 14.8. The molecule has 2 nitrogen and oxygen atoms in total. The van der Waals surface area contributed by atoms with Crippen molar-refractivity contribution in [1.82, 2.24) is 0 Å². The third-order valence-electron chi connectivity index (χ3n) is 10.5. The quantitative estimate of drug-likeness (QED) is 0.183. The van der Waals surface area contributed by atoms with Gasteiger partial charge in [-0.3, -0.25) is 0 Å². The molecule has 0 saturated carbocycles. The molecule has 0 fully saturated rings. The number of nitrogens with zero attached hydrogens (tertiary/aromatic N) is 1. The van der Waals surface area contributed by atoms with Gasteiger partial charge in [-0.05, 0) is 87.3 Å². The van der Waals surface area contributed by atoms with E-state index in [-0.39, 0.29) is 5.41 Å². The average Bonchev–Trinajstić information content (AvgIpc) is 3.81. The molecule has 0 radical (unpaired) electrons. The van der Waals surface area contributed by atoms with Gasteiger partial charge in [-0.1, -0.05) is 123 Å². The molecule has 0 atom stereocenters. The number of thiophene rings is 1. The van der Waals surface area contributed by atoms with Gasteiger partial charge >= 0.3 is 0 Å². The van der Waals surface area contributed by atoms with Gasteiger partial charge < -0.3 is 9.32 Å². The zero-order valence-electron chi connectivity index (χ0n) is 27.9. The molecule has 3 heteroatoms. The van der Waals surface area contributed by atoms with Crippen LogP contribution in [0.2, 0.25) is 0 Å². The lowest BCUT2D eigenvalue weighted by molar-refractivity contribution is 0.667. The summed E-state index contributed by atoms with van der Waals surface area (Å²) < 4.78 is 7.71. The molecule has 10 rings (SSSR count). The van der Waals surface area contributed by atoms with E-state index in [9.17, 15) is 0 Å². The minimum absolute atomic E-state index is 0.0573. The van der Waals surface area contributed by atoms with Crippen LogP contribution in [-0.2, 0) is 5.41 Å². The second-order valence-electron chi connectivity index (χ2n) is 13.7. The summed E-state index contributed by atoms with van der Waals surface area (Å²) in [4.78, 5) is 3.73. The second kappa shape index (κ2) is 11.1. The van der Waals surface area contributed by atoms with Gasteiger partial charge in [0.25, 0.3) is 0 Å². The molecule has 0 unspecified atom stereocenters. The van der Waals surface area contributed by atoms with Crippen molar-refractivity contribution in [1.29, 1.82) is 0 Å². The zero-order chi connectivity index (χ0) is 33.4. The highest BCUT2D eigenvalue weighted by Crippen LogP contribution is 2.57. The fourth-order valence-corrected chi connectivity index (χ4v) is 9.50. The lowest BCUT2D eigenvalue weighted by Gasteiger charge is -2.26. The van der Waals surface area contributed by atoms with Crippen LogP contribution < -0.4 is 4.90 Å². The van der Waals surface area contributed by atoms with Gasteiger partial charge in [0.2, 0.25) is 0 Å². The molecule has 0 bridgehead atoms. The highest BCUT2D eigenvalue weighted by atomic mass is 32.1. The van der Waals surface area contributed by atoms with Crippen LogP contribution in [0.15, 0.2) is 168 Å². The lowest BCUT2D eigenvalue weighted by atomic mass is 9.81. The summed E-state index contributed by atoms with van der Waals surface area (Å²) in [6, 6.07) is 59.0. The van der Waals surface area contributed by atoms with E-state index < -0.39 is 0 Å². The number of anilines is 3. The van der Waals surface area contributed by atoms with Crippen LogP contribution in [0.3, 0.4) is 0 Å². The van der Waals surface area contributed by atoms with Crippen molar-refractivity contribution in [3.8, 4) is 32.7 Å². The molecule has 0 N–H and O–H groups in total. The van der Waals surface area contributed by atoms with E-state index in [2.05, 4.69) is 170 Å². The van der Waals surface area contributed by atoms with Crippen LogP contribution in [0, 0.1) is 0 Å². The first-order valence-electron chi connectivity index (χ1n) is 17.2. The van der Waals surface area contributed by atoms with E-state index in [1.54, 1.807) is 0 Å². The zero-order valence-corrected chi connectivity index (χ0v) is 28.7. The molecule has 9 aromatic rings. The molecule has 2 aromatic heterocycles. The molecule has 50 heavy (non-hydrogen) atoms. The molecule has 0 spiro atoms. The van der Waals surface area contributed by atoms with Gasteiger partial charge in [0.1, 0.15) is 11.2 Å². The van der Waals surface area contributed by atoms with Crippen molar-refractivity contribution in [2.75, 3.05) is 4.90 Å². The Labute approximate surface area is 295 Å². The van der Waals surface area contributed by atoms with Gasteiger partial charge in [-0.15, -0.1) is 11.3 Å². The van der Waals surface area contributed by atoms with E-state index in [0.29, 0.717) is 0 Å². The first-order chi connectivity index (χ1) is 24.5. The Morgan fingerprint density at radius 3 is 1.90 bits per heavy atom. The number of para-hydroxylation sites is 1. The minimum Gasteiger partial charge on any atom is -0.456 e. The molecular weight excluding hydrogens is 627 g/mol. The van der Waals surface area contributed by atoms with Crippen molar-refractivity contribution in [3.05, 3.63) is 175 Å². The third-order valence-corrected chi connectivity index (χ3v) is 11.7. The highest BCUT2D eigenvalue weighted by molar-refractivity contribution is 7.22. The average molecular weight is 660 g/mol. The number of furan rings is 1. The predicted molar refractivity (Wildman–Crippen MR) is 212 cm³/mol. The Balaban J connectivity index is 1.10. The Bertz CT molecular complexity index is 2710. The number of rotatable bonds is 5. The van der Waals surface area contributed by atoms with Gasteiger partial charge in [-0.25, -0.2) is 0 Å². The van der Waals surface area contributed by atoms with Crippen molar-refractivity contribution in [2.45, 2.75) is 19.3 Å². The molecular formula is C47H33NOS. The van der Waals surface area contributed by atoms with E-state index in [4.69, 9.17) is 4.42 Å². The predicted octanol–water partition coefficient (Wildman–Crippen LogP) is 13.9. The summed E-state index contributed by atoms with van der Waals surface area (Å²) in [7, 11) is 0. The van der Waals surface area contributed by atoms with Crippen LogP contribution in [-0.4, -0.2) is 0 Å². The van der Waals surface area contributed by atoms with Crippen molar-refractivity contribution >= 4 is 60.4 Å². The smallest absolute Gasteiger partial charge is 0.137 e. The van der Waals surface area contributed by atoms with Crippen LogP contribution >= 0.6 is 11.3 Å². The summed E-state index contributed by atoms with van der Waals surface area (Å²) in [6.45, 7) is 4.76. The van der Waals surface area contributed by atoms with Gasteiger partial charge in [0.05, 0.1) is 0 Å². The van der Waals surface area contributed by atoms with Crippen molar-refractivity contribution < 1.29 is 4.42 Å². The fraction of sp³-hybridized carbons (Fsp3) is 0.0638. The van der Waals surface area contributed by atoms with Crippen LogP contribution in [0.1, 0.15) is 25.0 Å². The number of benzene rings is 7. The molecule has 7 aromatic carbocycles. The van der Waals surface area contributed by atoms with Crippen LogP contribution in [0.25, 0.3) is 64.7 Å². The first-order valence-corrected chi connectivity index (χ1v) is 18.0. The molecule has 1 aliphatic carbocycles. The molecule has 238 valence electrons. The Morgan fingerprint density at radius 1 is 0.500 bits per heavy atom. The monoisotopic (exact) mass is 659 g/mol. The summed E-state index contributed by atoms with van der Waals surface area (Å²) in [6.07, 6.45) is 0. The standard InChI is InChI=1S/C47H33NOS/c1-47(2)40-16-10-15-36(44(40)46-45(47)39-14-7-9-18-43(39)50-46)32-21-25-34(26-22-32)48(33-23-19-31(20-24-33)30-11-4-3-5-12-30)35-27-28-38-37-13-6-8-17-41(37)49-42(38)29-35/h3-29H,1-2H3. The van der Waals surface area contributed by atoms with E-state index in [1.807, 2.05) is 23.5 Å². The Kier molecular flexibility index (Phi) is 6.43. The normalized spacial score (nSPS) is 13.2. The summed E-state index contributed by atoms with van der Waals surface area (Å²) in [5, 5.41) is 3.64. The molecule has 0 saturated heterocycles. The molecule has 0 aliphatic heterocycles. The lowest BCUT2D eigenvalue weighted by Crippen LogP contribution is -2.14. The number of hydrogen-bond donors (Lipinski definition) is 0. The van der Waals surface area contributed by atoms with Crippen LogP contribution in [0.4, 0.5) is 17.1 Å². The van der Waals surface area contributed by atoms with E-state index in [1.165, 1.54) is 53.9 Å². The summed E-state index contributed by atoms with van der Waals surface area (Å²) in [5.41, 5.74) is 14.1. The summed E-state index contributed by atoms with van der Waals surface area (Å²) >= 11 is 1.93. The highest BCUT2D eigenvalue weighted by Gasteiger charge is 2.40. The van der Waals surface area contributed by atoms with Gasteiger partial charge in [0.15, 0.2) is 0 Å². The maximum atomic E-state index is 6.35. The SMILES string of the molecule is CC1(C)c2cccc(-c3ccc(N(c4ccc(-c5ccccc5)cc4)c4ccc5c(c4)oc4ccccc45)cc3)c2-c2sc3ccccc3c21. The van der Waals surface area contributed by atoms with Crippen molar-refractivity contribution in [2.24, 2.45) is 0 Å². The van der Waals surface area contributed by atoms with E-state index >= 15 is 0 Å². The van der Waals surface area contributed by atoms with Crippen molar-refractivity contribution in [3.63, 3.8) is 0 Å². The number of hydrogen-bond acceptors (Lipinski definition) is 3. The number of fused-ring (bicyclic) bond motifs is 8. The molecule has 2 heterocycles. The van der Waals surface area contributed by atoms with Crippen LogP contribution in [0.5, 0.6) is 0 Å². The Hall–Kier alpha value is -5.90. The topological polar surface area (TPSA) is 16.4 Å². The summed E-state index contributed by atoms with van der Waals surface area (Å²) in [5.74, 6) is 0. The fourth-order valence-electron chi connectivity index (χ4n) is 8.06. The van der Waals surface area contributed by atoms with Gasteiger partial charge in [0, 0.05) is 54.5 Å². The van der Waals surface area contributed by atoms with E-state index in [0.717, 1.165) is 39.0 Å². The largest absolute Gasteiger partial charge is 0.456 e. The maximum absolute atomic E-state index is 6.35. The maximum Gasteiger partial charge on any atom is 0.137 e. The minimum atomic E-state index is -0.0573. The van der Waals surface area contributed by atoms with Gasteiger partial charge in [-0.2, -0.15) is 0 Å². The molecule has 0 amide bonds. The molecule has 1 aliphatic rings. The first kappa shape index (κ1) is 29.1. The Morgan fingerprint density at radius 2 is 1.12 bits per heavy atom. The third kappa shape index (κ3) is 4.40.